The first-order valence-electron chi connectivity index (χ1n) is 6.31. The van der Waals surface area contributed by atoms with Crippen LogP contribution in [0.5, 0.6) is 0 Å². The molecule has 2 N–H and O–H groups in total. The number of aliphatic hydroxyl groups is 1. The van der Waals surface area contributed by atoms with Crippen LogP contribution in [0.1, 0.15) is 11.4 Å². The van der Waals surface area contributed by atoms with Gasteiger partial charge in [-0.25, -0.2) is 9.37 Å². The second-order valence-corrected chi connectivity index (χ2v) is 5.15. The number of rotatable bonds is 7. The summed E-state index contributed by atoms with van der Waals surface area (Å²) in [6.07, 6.45) is 1.65. The van der Waals surface area contributed by atoms with Crippen molar-refractivity contribution in [1.29, 1.82) is 0 Å². The smallest absolute Gasteiger partial charge is 0.123 e. The lowest BCUT2D eigenvalue weighted by Gasteiger charge is -2.00. The number of hydrogen-bond acceptors (Lipinski definition) is 4. The molecule has 2 rings (SSSR count). The van der Waals surface area contributed by atoms with E-state index in [-0.39, 0.29) is 12.4 Å². The molecular weight excluding hydrogens is 263 g/mol. The minimum Gasteiger partial charge on any atom is -0.396 e. The van der Waals surface area contributed by atoms with E-state index in [1.54, 1.807) is 23.5 Å². The molecule has 0 amide bonds. The average Bonchev–Trinajstić information content (AvgIpc) is 2.88. The number of nitrogens with zero attached hydrogens (tertiary/aromatic N) is 1. The molecule has 0 saturated carbocycles. The van der Waals surface area contributed by atoms with E-state index >= 15 is 0 Å². The van der Waals surface area contributed by atoms with Crippen molar-refractivity contribution >= 4 is 11.3 Å². The molecule has 19 heavy (non-hydrogen) atoms. The maximum absolute atomic E-state index is 12.8. The molecule has 1 aromatic carbocycles. The number of benzene rings is 1. The fourth-order valence-electron chi connectivity index (χ4n) is 1.70. The van der Waals surface area contributed by atoms with E-state index in [0.29, 0.717) is 0 Å². The molecule has 0 aliphatic rings. The summed E-state index contributed by atoms with van der Waals surface area (Å²) in [4.78, 5) is 4.53. The van der Waals surface area contributed by atoms with Crippen LogP contribution in [0, 0.1) is 5.82 Å². The number of nitrogens with one attached hydrogen (secondary N) is 1. The monoisotopic (exact) mass is 280 g/mol. The van der Waals surface area contributed by atoms with Crippen molar-refractivity contribution in [2.24, 2.45) is 0 Å². The summed E-state index contributed by atoms with van der Waals surface area (Å²) in [7, 11) is 0. The fourth-order valence-corrected chi connectivity index (χ4v) is 2.51. The third-order valence-corrected chi connectivity index (χ3v) is 3.63. The second kappa shape index (κ2) is 7.33. The zero-order valence-corrected chi connectivity index (χ0v) is 11.4. The van der Waals surface area contributed by atoms with Crippen molar-refractivity contribution in [1.82, 2.24) is 10.3 Å². The number of aromatic nitrogens is 1. The van der Waals surface area contributed by atoms with E-state index < -0.39 is 0 Å². The third kappa shape index (κ3) is 4.38. The highest BCUT2D eigenvalue weighted by molar-refractivity contribution is 7.09. The van der Waals surface area contributed by atoms with Gasteiger partial charge in [0.05, 0.1) is 10.7 Å². The topological polar surface area (TPSA) is 45.1 Å². The van der Waals surface area contributed by atoms with Crippen LogP contribution in [0.2, 0.25) is 0 Å². The molecule has 3 nitrogen and oxygen atoms in total. The minimum absolute atomic E-state index is 0.221. The first-order chi connectivity index (χ1) is 9.29. The summed E-state index contributed by atoms with van der Waals surface area (Å²) in [5.41, 5.74) is 1.84. The van der Waals surface area contributed by atoms with Gasteiger partial charge < -0.3 is 10.4 Å². The summed E-state index contributed by atoms with van der Waals surface area (Å²) in [6, 6.07) is 6.39. The molecular formula is C14H17FN2OS. The molecule has 0 spiro atoms. The molecule has 1 aromatic heterocycles. The highest BCUT2D eigenvalue weighted by Crippen LogP contribution is 2.22. The lowest BCUT2D eigenvalue weighted by Crippen LogP contribution is -2.19. The molecule has 0 aliphatic carbocycles. The predicted octanol–water partition coefficient (Wildman–Crippen LogP) is 2.46. The van der Waals surface area contributed by atoms with E-state index in [1.165, 1.54) is 12.1 Å². The fraction of sp³-hybridized carbons (Fsp3) is 0.357. The van der Waals surface area contributed by atoms with Crippen LogP contribution in [-0.2, 0) is 6.42 Å². The van der Waals surface area contributed by atoms with Crippen molar-refractivity contribution in [3.05, 3.63) is 40.5 Å². The SMILES string of the molecule is OCCCNCCc1nc(-c2ccc(F)cc2)cs1. The van der Waals surface area contributed by atoms with Gasteiger partial charge in [-0.1, -0.05) is 0 Å². The van der Waals surface area contributed by atoms with Crippen LogP contribution in [0.3, 0.4) is 0 Å². The Hall–Kier alpha value is -1.30. The summed E-state index contributed by atoms with van der Waals surface area (Å²) in [5.74, 6) is -0.229. The van der Waals surface area contributed by atoms with Crippen LogP contribution in [0.25, 0.3) is 11.3 Å². The van der Waals surface area contributed by atoms with Gasteiger partial charge in [0.2, 0.25) is 0 Å². The highest BCUT2D eigenvalue weighted by Gasteiger charge is 2.04. The molecule has 0 aliphatic heterocycles. The first kappa shape index (κ1) is 14.1. The number of hydrogen-bond donors (Lipinski definition) is 2. The summed E-state index contributed by atoms with van der Waals surface area (Å²) >= 11 is 1.62. The molecule has 0 radical (unpaired) electrons. The Morgan fingerprint density at radius 3 is 2.74 bits per heavy atom. The van der Waals surface area contributed by atoms with E-state index in [4.69, 9.17) is 5.11 Å². The highest BCUT2D eigenvalue weighted by atomic mass is 32.1. The summed E-state index contributed by atoms with van der Waals surface area (Å²) < 4.78 is 12.8. The van der Waals surface area contributed by atoms with Crippen LogP contribution < -0.4 is 5.32 Å². The molecule has 0 saturated heterocycles. The van der Waals surface area contributed by atoms with Gasteiger partial charge in [-0.05, 0) is 37.2 Å². The molecule has 1 heterocycles. The predicted molar refractivity (Wildman–Crippen MR) is 75.8 cm³/mol. The Bertz CT molecular complexity index is 498. The zero-order valence-electron chi connectivity index (χ0n) is 10.6. The molecule has 0 unspecified atom stereocenters. The Balaban J connectivity index is 1.86. The van der Waals surface area contributed by atoms with Crippen molar-refractivity contribution in [2.75, 3.05) is 19.7 Å². The number of aliphatic hydroxyl groups excluding tert-OH is 1. The van der Waals surface area contributed by atoms with Crippen molar-refractivity contribution < 1.29 is 9.50 Å². The molecule has 2 aromatic rings. The number of thiazole rings is 1. The van der Waals surface area contributed by atoms with Crippen molar-refractivity contribution in [3.63, 3.8) is 0 Å². The van der Waals surface area contributed by atoms with E-state index in [1.807, 2.05) is 5.38 Å². The third-order valence-electron chi connectivity index (χ3n) is 2.72. The number of halogens is 1. The Labute approximate surface area is 116 Å². The van der Waals surface area contributed by atoms with Crippen molar-refractivity contribution in [2.45, 2.75) is 12.8 Å². The van der Waals surface area contributed by atoms with Gasteiger partial charge in [-0.3, -0.25) is 0 Å². The molecule has 5 heteroatoms. The summed E-state index contributed by atoms with van der Waals surface area (Å²) in [5, 5.41) is 15.0. The van der Waals surface area contributed by atoms with Gasteiger partial charge >= 0.3 is 0 Å². The van der Waals surface area contributed by atoms with E-state index in [9.17, 15) is 4.39 Å². The van der Waals surface area contributed by atoms with Crippen LogP contribution >= 0.6 is 11.3 Å². The lowest BCUT2D eigenvalue weighted by atomic mass is 10.2. The van der Waals surface area contributed by atoms with Crippen molar-refractivity contribution in [3.8, 4) is 11.3 Å². The minimum atomic E-state index is -0.229. The molecule has 0 bridgehead atoms. The summed E-state index contributed by atoms with van der Waals surface area (Å²) in [6.45, 7) is 1.90. The van der Waals surface area contributed by atoms with E-state index in [0.717, 1.165) is 42.2 Å². The van der Waals surface area contributed by atoms with Gasteiger partial charge in [0.25, 0.3) is 0 Å². The normalized spacial score (nSPS) is 10.8. The molecule has 102 valence electrons. The maximum Gasteiger partial charge on any atom is 0.123 e. The van der Waals surface area contributed by atoms with Crippen LogP contribution in [0.4, 0.5) is 4.39 Å². The van der Waals surface area contributed by atoms with Gasteiger partial charge in [0, 0.05) is 30.5 Å². The van der Waals surface area contributed by atoms with Crippen LogP contribution in [0.15, 0.2) is 29.6 Å². The second-order valence-electron chi connectivity index (χ2n) is 4.21. The Morgan fingerprint density at radius 2 is 2.00 bits per heavy atom. The molecule has 0 fully saturated rings. The Kier molecular flexibility index (Phi) is 5.44. The quantitative estimate of drug-likeness (QED) is 0.766. The standard InChI is InChI=1S/C14H17FN2OS/c15-12-4-2-11(3-5-12)13-10-19-14(17-13)6-8-16-7-1-9-18/h2-5,10,16,18H,1,6-9H2. The first-order valence-corrected chi connectivity index (χ1v) is 7.19. The zero-order chi connectivity index (χ0) is 13.5. The van der Waals surface area contributed by atoms with Gasteiger partial charge in [0.15, 0.2) is 0 Å². The molecule has 0 atom stereocenters. The lowest BCUT2D eigenvalue weighted by molar-refractivity contribution is 0.286. The van der Waals surface area contributed by atoms with Gasteiger partial charge in [0.1, 0.15) is 5.82 Å². The van der Waals surface area contributed by atoms with E-state index in [2.05, 4.69) is 10.3 Å². The Morgan fingerprint density at radius 1 is 1.21 bits per heavy atom. The largest absolute Gasteiger partial charge is 0.396 e. The maximum atomic E-state index is 12.8. The van der Waals surface area contributed by atoms with Gasteiger partial charge in [-0.15, -0.1) is 11.3 Å². The van der Waals surface area contributed by atoms with Crippen LogP contribution in [-0.4, -0.2) is 29.8 Å². The van der Waals surface area contributed by atoms with Gasteiger partial charge in [-0.2, -0.15) is 0 Å². The average molecular weight is 280 g/mol.